The van der Waals surface area contributed by atoms with Gasteiger partial charge in [-0.05, 0) is 43.2 Å². The van der Waals surface area contributed by atoms with E-state index >= 15 is 0 Å². The smallest absolute Gasteiger partial charge is 0.243 e. The van der Waals surface area contributed by atoms with Crippen LogP contribution < -0.4 is 10.6 Å². The van der Waals surface area contributed by atoms with Gasteiger partial charge in [-0.15, -0.1) is 0 Å². The molecule has 0 aliphatic carbocycles. The average molecular weight is 418 g/mol. The highest BCUT2D eigenvalue weighted by atomic mass is 16.3. The number of allylic oxidation sites excluding steroid dienone is 2. The summed E-state index contributed by atoms with van der Waals surface area (Å²) >= 11 is 0. The molecule has 0 radical (unpaired) electrons. The molecule has 1 saturated heterocycles. The molecule has 0 spiro atoms. The molecule has 1 aliphatic heterocycles. The number of phenolic OH excluding ortho intramolecular Hbond substituents is 1. The van der Waals surface area contributed by atoms with Crippen LogP contribution >= 0.6 is 0 Å². The van der Waals surface area contributed by atoms with Crippen molar-refractivity contribution in [2.45, 2.75) is 45.2 Å². The van der Waals surface area contributed by atoms with E-state index in [-0.39, 0.29) is 17.6 Å². The molecule has 1 fully saturated rings. The molecule has 4 N–H and O–H groups in total. The monoisotopic (exact) mass is 417 g/mol. The van der Waals surface area contributed by atoms with E-state index in [9.17, 15) is 14.7 Å². The quantitative estimate of drug-likeness (QED) is 0.464. The van der Waals surface area contributed by atoms with Crippen LogP contribution in [0.3, 0.4) is 0 Å². The summed E-state index contributed by atoms with van der Waals surface area (Å²) in [6, 6.07) is 13.5. The van der Waals surface area contributed by atoms with E-state index in [0.717, 1.165) is 34.1 Å². The standard InChI is InChI=1S/C25H27N3O3/c1-15(2)7-12-21-19(18-5-3-4-6-20(18)26-21)14-23-25(31)27-22(24(30)28-23)13-16-8-10-17(29)11-9-16/h3-11,22-23,26,29H,12-14H2,1-2H3,(H,27,31)(H,28,30)/t22-,23-/m0/s1. The highest BCUT2D eigenvalue weighted by Crippen LogP contribution is 2.25. The Labute approximate surface area is 181 Å². The van der Waals surface area contributed by atoms with Crippen LogP contribution in [0.15, 0.2) is 60.2 Å². The maximum Gasteiger partial charge on any atom is 0.243 e. The number of aromatic amines is 1. The third-order valence-electron chi connectivity index (χ3n) is 5.67. The summed E-state index contributed by atoms with van der Waals surface area (Å²) in [6.45, 7) is 4.12. The molecule has 2 atom stereocenters. The largest absolute Gasteiger partial charge is 0.508 e. The minimum absolute atomic E-state index is 0.170. The molecule has 2 amide bonds. The van der Waals surface area contributed by atoms with Gasteiger partial charge in [-0.25, -0.2) is 0 Å². The van der Waals surface area contributed by atoms with E-state index in [0.29, 0.717) is 12.8 Å². The first-order valence-electron chi connectivity index (χ1n) is 10.5. The molecule has 0 bridgehead atoms. The van der Waals surface area contributed by atoms with Gasteiger partial charge < -0.3 is 20.7 Å². The second-order valence-corrected chi connectivity index (χ2v) is 8.31. The fourth-order valence-electron chi connectivity index (χ4n) is 4.00. The van der Waals surface area contributed by atoms with Gasteiger partial charge in [-0.1, -0.05) is 42.0 Å². The molecule has 6 heteroatoms. The van der Waals surface area contributed by atoms with Gasteiger partial charge in [-0.3, -0.25) is 9.59 Å². The molecule has 2 heterocycles. The van der Waals surface area contributed by atoms with Gasteiger partial charge in [-0.2, -0.15) is 0 Å². The Bertz CT molecular complexity index is 1140. The normalized spacial score (nSPS) is 18.5. The van der Waals surface area contributed by atoms with E-state index < -0.39 is 12.1 Å². The van der Waals surface area contributed by atoms with Crippen LogP contribution in [-0.2, 0) is 28.9 Å². The summed E-state index contributed by atoms with van der Waals surface area (Å²) < 4.78 is 0. The molecule has 0 unspecified atom stereocenters. The van der Waals surface area contributed by atoms with Crippen LogP contribution in [-0.4, -0.2) is 34.0 Å². The number of phenols is 1. The Morgan fingerprint density at radius 3 is 2.26 bits per heavy atom. The number of H-pyrrole nitrogens is 1. The lowest BCUT2D eigenvalue weighted by atomic mass is 9.96. The number of benzene rings is 2. The summed E-state index contributed by atoms with van der Waals surface area (Å²) in [4.78, 5) is 29.0. The summed E-state index contributed by atoms with van der Waals surface area (Å²) in [5.74, 6) is -0.200. The van der Waals surface area contributed by atoms with Crippen LogP contribution in [0, 0.1) is 0 Å². The fourth-order valence-corrected chi connectivity index (χ4v) is 4.00. The number of amides is 2. The van der Waals surface area contributed by atoms with Crippen LogP contribution in [0.25, 0.3) is 10.9 Å². The molecule has 31 heavy (non-hydrogen) atoms. The second-order valence-electron chi connectivity index (χ2n) is 8.31. The predicted molar refractivity (Wildman–Crippen MR) is 121 cm³/mol. The first kappa shape index (κ1) is 20.7. The SMILES string of the molecule is CC(C)=CCc1[nH]c2ccccc2c1C[C@@H]1NC(=O)[C@H](Cc2ccc(O)cc2)NC1=O. The van der Waals surface area contributed by atoms with Crippen LogP contribution in [0.5, 0.6) is 5.75 Å². The summed E-state index contributed by atoms with van der Waals surface area (Å²) in [6.07, 6.45) is 3.71. The van der Waals surface area contributed by atoms with Crippen molar-refractivity contribution < 1.29 is 14.7 Å². The van der Waals surface area contributed by atoms with Crippen molar-refractivity contribution in [1.29, 1.82) is 0 Å². The van der Waals surface area contributed by atoms with Gasteiger partial charge >= 0.3 is 0 Å². The van der Waals surface area contributed by atoms with Crippen molar-refractivity contribution in [2.75, 3.05) is 0 Å². The van der Waals surface area contributed by atoms with Crippen molar-refractivity contribution in [3.63, 3.8) is 0 Å². The number of piperazine rings is 1. The summed E-state index contributed by atoms with van der Waals surface area (Å²) in [5.41, 5.74) is 5.26. The lowest BCUT2D eigenvalue weighted by Crippen LogP contribution is -2.62. The maximum absolute atomic E-state index is 12.8. The number of carbonyl (C=O) groups is 2. The van der Waals surface area contributed by atoms with Crippen molar-refractivity contribution in [2.24, 2.45) is 0 Å². The van der Waals surface area contributed by atoms with Crippen LogP contribution in [0.4, 0.5) is 0 Å². The minimum Gasteiger partial charge on any atom is -0.508 e. The van der Waals surface area contributed by atoms with Gasteiger partial charge in [0.05, 0.1) is 0 Å². The summed E-state index contributed by atoms with van der Waals surface area (Å²) in [5, 5.41) is 16.3. The van der Waals surface area contributed by atoms with Gasteiger partial charge in [0.15, 0.2) is 0 Å². The number of aromatic hydroxyl groups is 1. The molecule has 1 aromatic heterocycles. The van der Waals surface area contributed by atoms with E-state index in [4.69, 9.17) is 0 Å². The number of hydrogen-bond donors (Lipinski definition) is 4. The Hall–Kier alpha value is -3.54. The Morgan fingerprint density at radius 2 is 1.58 bits per heavy atom. The molecular weight excluding hydrogens is 390 g/mol. The van der Waals surface area contributed by atoms with Crippen molar-refractivity contribution in [1.82, 2.24) is 15.6 Å². The summed E-state index contributed by atoms with van der Waals surface area (Å²) in [7, 11) is 0. The third kappa shape index (κ3) is 4.63. The van der Waals surface area contributed by atoms with Gasteiger partial charge in [0.1, 0.15) is 17.8 Å². The Balaban J connectivity index is 1.52. The zero-order valence-corrected chi connectivity index (χ0v) is 17.7. The zero-order valence-electron chi connectivity index (χ0n) is 17.7. The number of para-hydroxylation sites is 1. The molecule has 0 saturated carbocycles. The zero-order chi connectivity index (χ0) is 22.0. The van der Waals surface area contributed by atoms with Gasteiger partial charge in [0, 0.05) is 35.9 Å². The van der Waals surface area contributed by atoms with E-state index in [1.807, 2.05) is 24.3 Å². The van der Waals surface area contributed by atoms with E-state index in [1.54, 1.807) is 24.3 Å². The third-order valence-corrected chi connectivity index (χ3v) is 5.67. The van der Waals surface area contributed by atoms with Crippen LogP contribution in [0.2, 0.25) is 0 Å². The van der Waals surface area contributed by atoms with Crippen LogP contribution in [0.1, 0.15) is 30.7 Å². The number of rotatable bonds is 6. The topological polar surface area (TPSA) is 94.2 Å². The maximum atomic E-state index is 12.8. The van der Waals surface area contributed by atoms with Crippen molar-refractivity contribution in [3.8, 4) is 5.75 Å². The minimum atomic E-state index is -0.624. The predicted octanol–water partition coefficient (Wildman–Crippen LogP) is 3.15. The van der Waals surface area contributed by atoms with E-state index in [2.05, 4.69) is 35.5 Å². The molecule has 3 aromatic rings. The number of fused-ring (bicyclic) bond motifs is 1. The molecule has 4 rings (SSSR count). The first-order valence-corrected chi connectivity index (χ1v) is 10.5. The highest BCUT2D eigenvalue weighted by molar-refractivity contribution is 5.97. The first-order chi connectivity index (χ1) is 14.9. The van der Waals surface area contributed by atoms with Crippen molar-refractivity contribution >= 4 is 22.7 Å². The lowest BCUT2D eigenvalue weighted by Gasteiger charge is -2.30. The number of hydrogen-bond acceptors (Lipinski definition) is 3. The number of aromatic nitrogens is 1. The molecule has 6 nitrogen and oxygen atoms in total. The average Bonchev–Trinajstić information content (AvgIpc) is 3.09. The van der Waals surface area contributed by atoms with Gasteiger partial charge in [0.2, 0.25) is 11.8 Å². The van der Waals surface area contributed by atoms with Gasteiger partial charge in [0.25, 0.3) is 0 Å². The Morgan fingerprint density at radius 1 is 0.935 bits per heavy atom. The van der Waals surface area contributed by atoms with Crippen molar-refractivity contribution in [3.05, 3.63) is 77.0 Å². The molecular formula is C25H27N3O3. The second kappa shape index (κ2) is 8.68. The lowest BCUT2D eigenvalue weighted by molar-refractivity contribution is -0.136. The highest BCUT2D eigenvalue weighted by Gasteiger charge is 2.34. The fraction of sp³-hybridized carbons (Fsp3) is 0.280. The molecule has 1 aliphatic rings. The Kier molecular flexibility index (Phi) is 5.80. The number of nitrogens with one attached hydrogen (secondary N) is 3. The number of carbonyl (C=O) groups excluding carboxylic acids is 2. The molecule has 160 valence electrons. The molecule has 2 aromatic carbocycles. The van der Waals surface area contributed by atoms with E-state index in [1.165, 1.54) is 5.57 Å².